The fourth-order valence-corrected chi connectivity index (χ4v) is 1.79. The molecule has 7 heteroatoms. The molecule has 0 amide bonds. The van der Waals surface area contributed by atoms with Crippen LogP contribution in [0.5, 0.6) is 0 Å². The maximum Gasteiger partial charge on any atom is 0.408 e. The zero-order valence-corrected chi connectivity index (χ0v) is 11.7. The van der Waals surface area contributed by atoms with Gasteiger partial charge in [0.15, 0.2) is 0 Å². The lowest BCUT2D eigenvalue weighted by molar-refractivity contribution is -0.143. The third-order valence-corrected chi connectivity index (χ3v) is 2.82. The van der Waals surface area contributed by atoms with Gasteiger partial charge in [-0.25, -0.2) is 0 Å². The Bertz CT molecular complexity index is 363. The Morgan fingerprint density at radius 3 is 2.65 bits per heavy atom. The van der Waals surface area contributed by atoms with Crippen LogP contribution < -0.4 is 0 Å². The van der Waals surface area contributed by atoms with Gasteiger partial charge in [0.2, 0.25) is 0 Å². The molecule has 17 heavy (non-hydrogen) atoms. The van der Waals surface area contributed by atoms with Crippen molar-refractivity contribution in [1.29, 1.82) is 0 Å². The smallest absolute Gasteiger partial charge is 0.375 e. The van der Waals surface area contributed by atoms with Crippen LogP contribution in [0.3, 0.4) is 0 Å². The van der Waals surface area contributed by atoms with Gasteiger partial charge >= 0.3 is 6.18 Å². The van der Waals surface area contributed by atoms with Gasteiger partial charge in [0.05, 0.1) is 22.1 Å². The van der Waals surface area contributed by atoms with Gasteiger partial charge in [0, 0.05) is 6.61 Å². The first-order valence-electron chi connectivity index (χ1n) is 5.14. The standard InChI is InChI=1S/C10H14F3IN2O/c1-7(2)4-17-5-9-8(14)3-15-16(9)6-10(11,12)13/h3,7H,4-6H2,1-2H3. The third-order valence-electron chi connectivity index (χ3n) is 1.92. The number of aromatic nitrogens is 2. The highest BCUT2D eigenvalue weighted by atomic mass is 127. The van der Waals surface area contributed by atoms with Crippen molar-refractivity contribution in [3.8, 4) is 0 Å². The van der Waals surface area contributed by atoms with Crippen LogP contribution >= 0.6 is 22.6 Å². The van der Waals surface area contributed by atoms with Gasteiger partial charge in [-0.2, -0.15) is 18.3 Å². The summed E-state index contributed by atoms with van der Waals surface area (Å²) >= 11 is 1.96. The molecule has 1 heterocycles. The topological polar surface area (TPSA) is 27.1 Å². The molecule has 0 saturated carbocycles. The minimum absolute atomic E-state index is 0.159. The summed E-state index contributed by atoms with van der Waals surface area (Å²) in [4.78, 5) is 0. The fourth-order valence-electron chi connectivity index (χ4n) is 1.23. The highest BCUT2D eigenvalue weighted by Crippen LogP contribution is 2.21. The van der Waals surface area contributed by atoms with Crippen molar-refractivity contribution in [3.63, 3.8) is 0 Å². The Morgan fingerprint density at radius 2 is 2.12 bits per heavy atom. The molecule has 1 aromatic rings. The Morgan fingerprint density at radius 1 is 1.47 bits per heavy atom. The number of nitrogens with zero attached hydrogens (tertiary/aromatic N) is 2. The maximum atomic E-state index is 12.3. The molecular weight excluding hydrogens is 348 g/mol. The molecule has 3 nitrogen and oxygen atoms in total. The molecule has 0 aliphatic rings. The molecule has 1 aromatic heterocycles. The van der Waals surface area contributed by atoms with Crippen LogP contribution in [-0.4, -0.2) is 22.6 Å². The molecule has 0 aromatic carbocycles. The van der Waals surface area contributed by atoms with Crippen molar-refractivity contribution in [2.45, 2.75) is 33.2 Å². The largest absolute Gasteiger partial charge is 0.408 e. The van der Waals surface area contributed by atoms with Crippen molar-refractivity contribution in [1.82, 2.24) is 9.78 Å². The average molecular weight is 362 g/mol. The second-order valence-corrected chi connectivity index (χ2v) is 5.28. The number of hydrogen-bond acceptors (Lipinski definition) is 2. The van der Waals surface area contributed by atoms with Gasteiger partial charge < -0.3 is 4.74 Å². The third kappa shape index (κ3) is 5.24. The summed E-state index contributed by atoms with van der Waals surface area (Å²) < 4.78 is 43.8. The van der Waals surface area contributed by atoms with Crippen LogP contribution in [-0.2, 0) is 17.9 Å². The number of halogens is 4. The summed E-state index contributed by atoms with van der Waals surface area (Å²) in [7, 11) is 0. The normalized spacial score (nSPS) is 12.4. The molecular formula is C10H14F3IN2O. The summed E-state index contributed by atoms with van der Waals surface area (Å²) in [6, 6.07) is 0. The van der Waals surface area contributed by atoms with Crippen molar-refractivity contribution in [2.24, 2.45) is 5.92 Å². The number of alkyl halides is 3. The van der Waals surface area contributed by atoms with Crippen molar-refractivity contribution in [3.05, 3.63) is 15.5 Å². The zero-order valence-electron chi connectivity index (χ0n) is 9.59. The van der Waals surface area contributed by atoms with E-state index in [1.165, 1.54) is 6.20 Å². The lowest BCUT2D eigenvalue weighted by Crippen LogP contribution is -2.21. The van der Waals surface area contributed by atoms with Crippen LogP contribution in [0, 0.1) is 9.49 Å². The number of hydrogen-bond donors (Lipinski definition) is 0. The van der Waals surface area contributed by atoms with Crippen LogP contribution in [0.1, 0.15) is 19.5 Å². The highest BCUT2D eigenvalue weighted by Gasteiger charge is 2.29. The van der Waals surface area contributed by atoms with E-state index < -0.39 is 12.7 Å². The first kappa shape index (κ1) is 14.7. The van der Waals surface area contributed by atoms with Gasteiger partial charge in [0.25, 0.3) is 0 Å². The Balaban J connectivity index is 2.66. The molecule has 0 unspecified atom stereocenters. The van der Waals surface area contributed by atoms with E-state index in [1.807, 2.05) is 36.4 Å². The molecule has 0 aliphatic heterocycles. The van der Waals surface area contributed by atoms with Crippen molar-refractivity contribution >= 4 is 22.6 Å². The maximum absolute atomic E-state index is 12.3. The molecule has 0 bridgehead atoms. The molecule has 0 N–H and O–H groups in total. The molecule has 0 spiro atoms. The molecule has 98 valence electrons. The van der Waals surface area contributed by atoms with E-state index in [0.29, 0.717) is 21.8 Å². The quantitative estimate of drug-likeness (QED) is 0.753. The molecule has 0 aliphatic carbocycles. The second kappa shape index (κ2) is 6.03. The predicted octanol–water partition coefficient (Wildman–Crippen LogP) is 3.22. The first-order valence-corrected chi connectivity index (χ1v) is 6.22. The Hall–Kier alpha value is -0.310. The summed E-state index contributed by atoms with van der Waals surface area (Å²) in [6.07, 6.45) is -2.84. The van der Waals surface area contributed by atoms with E-state index in [1.54, 1.807) is 0 Å². The van der Waals surface area contributed by atoms with Crippen LogP contribution in [0.4, 0.5) is 13.2 Å². The van der Waals surface area contributed by atoms with Crippen LogP contribution in [0.25, 0.3) is 0 Å². The summed E-state index contributed by atoms with van der Waals surface area (Å²) in [5.74, 6) is 0.353. The van der Waals surface area contributed by atoms with Crippen LogP contribution in [0.15, 0.2) is 6.20 Å². The lowest BCUT2D eigenvalue weighted by atomic mass is 10.2. The summed E-state index contributed by atoms with van der Waals surface area (Å²) in [5, 5.41) is 3.71. The van der Waals surface area contributed by atoms with E-state index in [-0.39, 0.29) is 6.61 Å². The van der Waals surface area contributed by atoms with Crippen LogP contribution in [0.2, 0.25) is 0 Å². The Labute approximate surface area is 111 Å². The van der Waals surface area contributed by atoms with E-state index >= 15 is 0 Å². The number of ether oxygens (including phenoxy) is 1. The minimum atomic E-state index is -4.26. The van der Waals surface area contributed by atoms with E-state index in [4.69, 9.17) is 4.74 Å². The summed E-state index contributed by atoms with van der Waals surface area (Å²) in [6.45, 7) is 3.58. The first-order chi connectivity index (χ1) is 7.79. The molecule has 0 fully saturated rings. The highest BCUT2D eigenvalue weighted by molar-refractivity contribution is 14.1. The zero-order chi connectivity index (χ0) is 13.1. The van der Waals surface area contributed by atoms with Gasteiger partial charge in [-0.1, -0.05) is 13.8 Å². The number of rotatable bonds is 5. The molecule has 0 saturated heterocycles. The van der Waals surface area contributed by atoms with E-state index in [9.17, 15) is 13.2 Å². The monoisotopic (exact) mass is 362 g/mol. The van der Waals surface area contributed by atoms with E-state index in [0.717, 1.165) is 4.68 Å². The SMILES string of the molecule is CC(C)COCc1c(I)cnn1CC(F)(F)F. The van der Waals surface area contributed by atoms with Crippen molar-refractivity contribution in [2.75, 3.05) is 6.61 Å². The van der Waals surface area contributed by atoms with Gasteiger partial charge in [-0.15, -0.1) is 0 Å². The Kier molecular flexibility index (Phi) is 5.23. The van der Waals surface area contributed by atoms with Gasteiger partial charge in [-0.05, 0) is 28.5 Å². The summed E-state index contributed by atoms with van der Waals surface area (Å²) in [5.41, 5.74) is 0.476. The predicted molar refractivity (Wildman–Crippen MR) is 65.5 cm³/mol. The van der Waals surface area contributed by atoms with Gasteiger partial charge in [-0.3, -0.25) is 4.68 Å². The fraction of sp³-hybridized carbons (Fsp3) is 0.700. The van der Waals surface area contributed by atoms with E-state index in [2.05, 4.69) is 5.10 Å². The molecule has 0 radical (unpaired) electrons. The molecule has 1 rings (SSSR count). The van der Waals surface area contributed by atoms with Crippen molar-refractivity contribution < 1.29 is 17.9 Å². The minimum Gasteiger partial charge on any atom is -0.375 e. The average Bonchev–Trinajstić information content (AvgIpc) is 2.46. The molecule has 0 atom stereocenters. The second-order valence-electron chi connectivity index (χ2n) is 4.12. The van der Waals surface area contributed by atoms with Gasteiger partial charge in [0.1, 0.15) is 6.54 Å². The lowest BCUT2D eigenvalue weighted by Gasteiger charge is -2.12.